The first-order valence-electron chi connectivity index (χ1n) is 6.63. The van der Waals surface area contributed by atoms with Crippen LogP contribution in [0.2, 0.25) is 0 Å². The first kappa shape index (κ1) is 15.6. The molecule has 0 fully saturated rings. The lowest BCUT2D eigenvalue weighted by atomic mass is 10.1. The number of benzene rings is 1. The number of rotatable bonds is 2. The molecule has 1 amide bonds. The summed E-state index contributed by atoms with van der Waals surface area (Å²) in [6.07, 6.45) is 0.252. The van der Waals surface area contributed by atoms with E-state index < -0.39 is 21.7 Å². The van der Waals surface area contributed by atoms with Gasteiger partial charge in [0.1, 0.15) is 5.75 Å². The van der Waals surface area contributed by atoms with E-state index >= 15 is 0 Å². The number of ether oxygens (including phenoxy) is 1. The highest BCUT2D eigenvalue weighted by molar-refractivity contribution is 7.92. The summed E-state index contributed by atoms with van der Waals surface area (Å²) >= 11 is 0. The maximum absolute atomic E-state index is 12.2. The van der Waals surface area contributed by atoms with Crippen LogP contribution in [-0.4, -0.2) is 38.8 Å². The van der Waals surface area contributed by atoms with Crippen LogP contribution in [0.15, 0.2) is 24.3 Å². The molecule has 1 aliphatic rings. The van der Waals surface area contributed by atoms with Gasteiger partial charge in [-0.3, -0.25) is 9.10 Å². The third-order valence-electron chi connectivity index (χ3n) is 2.93. The maximum atomic E-state index is 12.2. The molecule has 0 radical (unpaired) electrons. The molecule has 1 aromatic carbocycles. The molecule has 1 heterocycles. The third kappa shape index (κ3) is 3.66. The minimum atomic E-state index is -3.48. The SMILES string of the molecule is CC(C)(C)NC(=O)C1CN(S(C)(=O)=O)c2ccccc2O1. The molecular formula is C14H20N2O4S. The second-order valence-electron chi connectivity index (χ2n) is 6.11. The van der Waals surface area contributed by atoms with Gasteiger partial charge >= 0.3 is 0 Å². The van der Waals surface area contributed by atoms with Crippen LogP contribution in [-0.2, 0) is 14.8 Å². The van der Waals surface area contributed by atoms with Crippen LogP contribution < -0.4 is 14.4 Å². The van der Waals surface area contributed by atoms with Crippen molar-refractivity contribution in [2.45, 2.75) is 32.4 Å². The molecule has 0 aromatic heterocycles. The molecule has 1 aromatic rings. The number of nitrogens with zero attached hydrogens (tertiary/aromatic N) is 1. The fourth-order valence-corrected chi connectivity index (χ4v) is 3.02. The zero-order valence-corrected chi connectivity index (χ0v) is 13.4. The van der Waals surface area contributed by atoms with E-state index in [0.29, 0.717) is 11.4 Å². The Kier molecular flexibility index (Phi) is 3.88. The Balaban J connectivity index is 2.33. The zero-order chi connectivity index (χ0) is 15.8. The van der Waals surface area contributed by atoms with Crippen molar-refractivity contribution in [3.63, 3.8) is 0 Å². The molecule has 2 rings (SSSR count). The van der Waals surface area contributed by atoms with Gasteiger partial charge < -0.3 is 10.1 Å². The lowest BCUT2D eigenvalue weighted by Gasteiger charge is -2.35. The van der Waals surface area contributed by atoms with Crippen molar-refractivity contribution in [3.05, 3.63) is 24.3 Å². The second kappa shape index (κ2) is 5.22. The van der Waals surface area contributed by atoms with Gasteiger partial charge in [-0.15, -0.1) is 0 Å². The minimum Gasteiger partial charge on any atom is -0.476 e. The Bertz CT molecular complexity index is 649. The van der Waals surface area contributed by atoms with Crippen molar-refractivity contribution in [2.24, 2.45) is 0 Å². The summed E-state index contributed by atoms with van der Waals surface area (Å²) in [4.78, 5) is 12.2. The highest BCUT2D eigenvalue weighted by Gasteiger charge is 2.35. The first-order valence-corrected chi connectivity index (χ1v) is 8.48. The number of carbonyl (C=O) groups is 1. The fraction of sp³-hybridized carbons (Fsp3) is 0.500. The van der Waals surface area contributed by atoms with Gasteiger partial charge in [0.2, 0.25) is 10.0 Å². The van der Waals surface area contributed by atoms with Gasteiger partial charge in [-0.05, 0) is 32.9 Å². The molecule has 6 nitrogen and oxygen atoms in total. The number of amides is 1. The molecule has 0 saturated carbocycles. The number of para-hydroxylation sites is 2. The summed E-state index contributed by atoms with van der Waals surface area (Å²) in [5.74, 6) is 0.0638. The Labute approximate surface area is 125 Å². The largest absolute Gasteiger partial charge is 0.476 e. The van der Waals surface area contributed by atoms with Crippen molar-refractivity contribution in [3.8, 4) is 5.75 Å². The highest BCUT2D eigenvalue weighted by Crippen LogP contribution is 2.34. The van der Waals surface area contributed by atoms with Crippen LogP contribution >= 0.6 is 0 Å². The molecule has 1 unspecified atom stereocenters. The van der Waals surface area contributed by atoms with Gasteiger partial charge in [0.25, 0.3) is 5.91 Å². The van der Waals surface area contributed by atoms with Crippen LogP contribution in [0, 0.1) is 0 Å². The van der Waals surface area contributed by atoms with E-state index in [-0.39, 0.29) is 12.5 Å². The quantitative estimate of drug-likeness (QED) is 0.888. The fourth-order valence-electron chi connectivity index (χ4n) is 2.10. The number of hydrogen-bond acceptors (Lipinski definition) is 4. The second-order valence-corrected chi connectivity index (χ2v) is 8.01. The molecule has 7 heteroatoms. The number of hydrogen-bond donors (Lipinski definition) is 1. The Morgan fingerprint density at radius 2 is 1.95 bits per heavy atom. The first-order chi connectivity index (χ1) is 9.58. The van der Waals surface area contributed by atoms with E-state index in [1.807, 2.05) is 20.8 Å². The molecule has 0 saturated heterocycles. The average Bonchev–Trinajstić information content (AvgIpc) is 2.34. The molecular weight excluding hydrogens is 292 g/mol. The van der Waals surface area contributed by atoms with Gasteiger partial charge in [0, 0.05) is 5.54 Å². The monoisotopic (exact) mass is 312 g/mol. The summed E-state index contributed by atoms with van der Waals surface area (Å²) in [5, 5.41) is 2.81. The number of fused-ring (bicyclic) bond motifs is 1. The molecule has 1 N–H and O–H groups in total. The summed E-state index contributed by atoms with van der Waals surface area (Å²) in [7, 11) is -3.48. The normalized spacial score (nSPS) is 18.7. The predicted molar refractivity (Wildman–Crippen MR) is 80.9 cm³/mol. The van der Waals surface area contributed by atoms with E-state index in [1.54, 1.807) is 24.3 Å². The van der Waals surface area contributed by atoms with Crippen molar-refractivity contribution in [2.75, 3.05) is 17.1 Å². The molecule has 1 atom stereocenters. The third-order valence-corrected chi connectivity index (χ3v) is 4.07. The molecule has 116 valence electrons. The number of carbonyl (C=O) groups excluding carboxylic acids is 1. The minimum absolute atomic E-state index is 0.0300. The molecule has 0 aliphatic carbocycles. The van der Waals surface area contributed by atoms with E-state index in [1.165, 1.54) is 4.31 Å². The van der Waals surface area contributed by atoms with Crippen molar-refractivity contribution in [1.82, 2.24) is 5.32 Å². The Hall–Kier alpha value is -1.76. The van der Waals surface area contributed by atoms with Crippen molar-refractivity contribution < 1.29 is 17.9 Å². The molecule has 0 spiro atoms. The van der Waals surface area contributed by atoms with Crippen LogP contribution in [0.4, 0.5) is 5.69 Å². The van der Waals surface area contributed by atoms with Gasteiger partial charge in [-0.1, -0.05) is 12.1 Å². The molecule has 1 aliphatic heterocycles. The van der Waals surface area contributed by atoms with E-state index in [9.17, 15) is 13.2 Å². The average molecular weight is 312 g/mol. The predicted octanol–water partition coefficient (Wildman–Crippen LogP) is 1.13. The number of anilines is 1. The van der Waals surface area contributed by atoms with E-state index in [4.69, 9.17) is 4.74 Å². The summed E-state index contributed by atoms with van der Waals surface area (Å²) < 4.78 is 30.7. The van der Waals surface area contributed by atoms with Crippen LogP contribution in [0.5, 0.6) is 5.75 Å². The molecule has 21 heavy (non-hydrogen) atoms. The number of sulfonamides is 1. The van der Waals surface area contributed by atoms with E-state index in [0.717, 1.165) is 6.26 Å². The topological polar surface area (TPSA) is 75.7 Å². The van der Waals surface area contributed by atoms with Crippen molar-refractivity contribution in [1.29, 1.82) is 0 Å². The van der Waals surface area contributed by atoms with Gasteiger partial charge in [0.15, 0.2) is 6.10 Å². The maximum Gasteiger partial charge on any atom is 0.263 e. The standard InChI is InChI=1S/C14H20N2O4S/c1-14(2,3)15-13(17)12-9-16(21(4,18)19)10-7-5-6-8-11(10)20-12/h5-8,12H,9H2,1-4H3,(H,15,17). The summed E-state index contributed by atoms with van der Waals surface area (Å²) in [5.41, 5.74) is 0.0488. The molecule has 0 bridgehead atoms. The smallest absolute Gasteiger partial charge is 0.263 e. The van der Waals surface area contributed by atoms with E-state index in [2.05, 4.69) is 5.32 Å². The Morgan fingerprint density at radius 3 is 2.52 bits per heavy atom. The lowest BCUT2D eigenvalue weighted by molar-refractivity contribution is -0.129. The van der Waals surface area contributed by atoms with Gasteiger partial charge in [-0.25, -0.2) is 8.42 Å². The summed E-state index contributed by atoms with van der Waals surface area (Å²) in [6, 6.07) is 6.79. The summed E-state index contributed by atoms with van der Waals surface area (Å²) in [6.45, 7) is 5.54. The van der Waals surface area contributed by atoms with Crippen LogP contribution in [0.25, 0.3) is 0 Å². The van der Waals surface area contributed by atoms with Crippen molar-refractivity contribution >= 4 is 21.6 Å². The Morgan fingerprint density at radius 1 is 1.33 bits per heavy atom. The highest BCUT2D eigenvalue weighted by atomic mass is 32.2. The van der Waals surface area contributed by atoms with Crippen LogP contribution in [0.3, 0.4) is 0 Å². The van der Waals surface area contributed by atoms with Gasteiger partial charge in [-0.2, -0.15) is 0 Å². The van der Waals surface area contributed by atoms with Gasteiger partial charge in [0.05, 0.1) is 18.5 Å². The van der Waals surface area contributed by atoms with Crippen LogP contribution in [0.1, 0.15) is 20.8 Å². The lowest BCUT2D eigenvalue weighted by Crippen LogP contribution is -2.54. The zero-order valence-electron chi connectivity index (χ0n) is 12.6. The number of nitrogens with one attached hydrogen (secondary N) is 1.